The van der Waals surface area contributed by atoms with Gasteiger partial charge in [0, 0.05) is 19.0 Å². The van der Waals surface area contributed by atoms with Gasteiger partial charge < -0.3 is 4.74 Å². The average molecular weight is 249 g/mol. The van der Waals surface area contributed by atoms with Crippen molar-refractivity contribution in [1.82, 2.24) is 9.88 Å². The summed E-state index contributed by atoms with van der Waals surface area (Å²) in [4.78, 5) is 7.83. The lowest BCUT2D eigenvalue weighted by atomic mass is 10.1. The molecule has 2 fully saturated rings. The molecule has 1 unspecified atom stereocenters. The third-order valence-corrected chi connectivity index (χ3v) is 4.27. The van der Waals surface area contributed by atoms with Crippen molar-refractivity contribution in [3.05, 3.63) is 16.1 Å². The standard InChI is InChI=1S/C12H15N3OS/c13-7-10(15-3-5-16-6-4-15)12-11(9-1-2-9)14-8-17-12/h8-10H,1-6H2. The van der Waals surface area contributed by atoms with Crippen LogP contribution in [0.15, 0.2) is 5.51 Å². The number of hydrogen-bond acceptors (Lipinski definition) is 5. The number of ether oxygens (including phenoxy) is 1. The number of nitriles is 1. The first-order valence-electron chi connectivity index (χ1n) is 6.05. The van der Waals surface area contributed by atoms with Crippen LogP contribution in [0.3, 0.4) is 0 Å². The molecule has 3 rings (SSSR count). The van der Waals surface area contributed by atoms with Crippen LogP contribution in [0.25, 0.3) is 0 Å². The number of morpholine rings is 1. The third kappa shape index (κ3) is 2.21. The normalized spacial score (nSPS) is 23.2. The van der Waals surface area contributed by atoms with Crippen molar-refractivity contribution < 1.29 is 4.74 Å². The molecule has 1 atom stereocenters. The minimum Gasteiger partial charge on any atom is -0.379 e. The number of thiazole rings is 1. The van der Waals surface area contributed by atoms with Crippen molar-refractivity contribution in [2.24, 2.45) is 0 Å². The molecule has 0 amide bonds. The molecule has 1 aliphatic carbocycles. The molecule has 1 aromatic rings. The summed E-state index contributed by atoms with van der Waals surface area (Å²) >= 11 is 1.63. The van der Waals surface area contributed by atoms with Crippen LogP contribution in [0.5, 0.6) is 0 Å². The number of aromatic nitrogens is 1. The fraction of sp³-hybridized carbons (Fsp3) is 0.667. The Labute approximate surface area is 105 Å². The topological polar surface area (TPSA) is 49.2 Å². The van der Waals surface area contributed by atoms with Crippen LogP contribution in [0.1, 0.15) is 35.4 Å². The predicted octanol–water partition coefficient (Wildman–Crippen LogP) is 1.92. The molecule has 1 saturated heterocycles. The Morgan fingerprint density at radius 3 is 2.88 bits per heavy atom. The minimum atomic E-state index is -0.123. The van der Waals surface area contributed by atoms with Gasteiger partial charge >= 0.3 is 0 Å². The Bertz CT molecular complexity index is 429. The monoisotopic (exact) mass is 249 g/mol. The summed E-state index contributed by atoms with van der Waals surface area (Å²) in [5.74, 6) is 0.619. The van der Waals surface area contributed by atoms with Gasteiger partial charge in [0.25, 0.3) is 0 Å². The van der Waals surface area contributed by atoms with E-state index in [1.165, 1.54) is 18.5 Å². The molecule has 0 bridgehead atoms. The summed E-state index contributed by atoms with van der Waals surface area (Å²) in [6.45, 7) is 3.16. The second-order valence-electron chi connectivity index (χ2n) is 4.56. The van der Waals surface area contributed by atoms with Crippen LogP contribution in [-0.4, -0.2) is 36.2 Å². The van der Waals surface area contributed by atoms with Crippen molar-refractivity contribution in [3.8, 4) is 6.07 Å². The van der Waals surface area contributed by atoms with E-state index in [0.717, 1.165) is 31.2 Å². The van der Waals surface area contributed by atoms with Gasteiger partial charge in [0.15, 0.2) is 0 Å². The van der Waals surface area contributed by atoms with E-state index < -0.39 is 0 Å². The molecule has 0 N–H and O–H groups in total. The summed E-state index contributed by atoms with van der Waals surface area (Å²) in [7, 11) is 0. The predicted molar refractivity (Wildman–Crippen MR) is 64.8 cm³/mol. The van der Waals surface area contributed by atoms with Gasteiger partial charge in [-0.1, -0.05) is 0 Å². The third-order valence-electron chi connectivity index (χ3n) is 3.37. The second-order valence-corrected chi connectivity index (χ2v) is 5.44. The molecule has 1 saturated carbocycles. The summed E-state index contributed by atoms with van der Waals surface area (Å²) in [5.41, 5.74) is 3.06. The van der Waals surface area contributed by atoms with Gasteiger partial charge in [-0.05, 0) is 12.8 Å². The molecule has 0 aromatic carbocycles. The average Bonchev–Trinajstić information content (AvgIpc) is 3.12. The van der Waals surface area contributed by atoms with Crippen LogP contribution >= 0.6 is 11.3 Å². The lowest BCUT2D eigenvalue weighted by molar-refractivity contribution is 0.0270. The number of nitrogens with zero attached hydrogens (tertiary/aromatic N) is 3. The molecule has 0 radical (unpaired) electrons. The second kappa shape index (κ2) is 4.73. The molecule has 5 heteroatoms. The van der Waals surface area contributed by atoms with Crippen molar-refractivity contribution in [3.63, 3.8) is 0 Å². The van der Waals surface area contributed by atoms with Crippen LogP contribution in [0.4, 0.5) is 0 Å². The molecule has 4 nitrogen and oxygen atoms in total. The van der Waals surface area contributed by atoms with Gasteiger partial charge in [-0.2, -0.15) is 5.26 Å². The fourth-order valence-electron chi connectivity index (χ4n) is 2.27. The Morgan fingerprint density at radius 1 is 1.47 bits per heavy atom. The molecular formula is C12H15N3OS. The smallest absolute Gasteiger partial charge is 0.135 e. The summed E-state index contributed by atoms with van der Waals surface area (Å²) in [6.07, 6.45) is 2.47. The quantitative estimate of drug-likeness (QED) is 0.821. The maximum Gasteiger partial charge on any atom is 0.135 e. The van der Waals surface area contributed by atoms with E-state index in [1.54, 1.807) is 11.3 Å². The van der Waals surface area contributed by atoms with Crippen molar-refractivity contribution >= 4 is 11.3 Å². The zero-order chi connectivity index (χ0) is 11.7. The molecule has 2 aliphatic rings. The number of rotatable bonds is 3. The number of hydrogen-bond donors (Lipinski definition) is 0. The minimum absolute atomic E-state index is 0.123. The van der Waals surface area contributed by atoms with E-state index in [-0.39, 0.29) is 6.04 Å². The zero-order valence-corrected chi connectivity index (χ0v) is 10.4. The Kier molecular flexibility index (Phi) is 3.10. The van der Waals surface area contributed by atoms with Gasteiger partial charge in [0.05, 0.1) is 35.4 Å². The van der Waals surface area contributed by atoms with E-state index in [2.05, 4.69) is 16.0 Å². The van der Waals surface area contributed by atoms with E-state index in [4.69, 9.17) is 4.74 Å². The van der Waals surface area contributed by atoms with Crippen molar-refractivity contribution in [2.75, 3.05) is 26.3 Å². The summed E-state index contributed by atoms with van der Waals surface area (Å²) in [6, 6.07) is 2.31. The Hall–Kier alpha value is -0.960. The van der Waals surface area contributed by atoms with Gasteiger partial charge in [0.2, 0.25) is 0 Å². The molecule has 17 heavy (non-hydrogen) atoms. The first-order valence-corrected chi connectivity index (χ1v) is 6.93. The fourth-order valence-corrected chi connectivity index (χ4v) is 3.22. The zero-order valence-electron chi connectivity index (χ0n) is 9.63. The van der Waals surface area contributed by atoms with Gasteiger partial charge in [0.1, 0.15) is 6.04 Å². The SMILES string of the molecule is N#CC(c1scnc1C1CC1)N1CCOCC1. The highest BCUT2D eigenvalue weighted by atomic mass is 32.1. The Balaban J connectivity index is 1.83. The van der Waals surface area contributed by atoms with E-state index >= 15 is 0 Å². The molecule has 90 valence electrons. The maximum absolute atomic E-state index is 9.42. The molecule has 0 spiro atoms. The van der Waals surface area contributed by atoms with Crippen LogP contribution in [0, 0.1) is 11.3 Å². The molecular weight excluding hydrogens is 234 g/mol. The molecule has 1 aliphatic heterocycles. The van der Waals surface area contributed by atoms with Crippen LogP contribution < -0.4 is 0 Å². The lowest BCUT2D eigenvalue weighted by Gasteiger charge is -2.30. The summed E-state index contributed by atoms with van der Waals surface area (Å²) in [5, 5.41) is 9.42. The summed E-state index contributed by atoms with van der Waals surface area (Å²) < 4.78 is 5.34. The first-order chi connectivity index (χ1) is 8.40. The highest BCUT2D eigenvalue weighted by molar-refractivity contribution is 7.09. The van der Waals surface area contributed by atoms with Gasteiger partial charge in [-0.15, -0.1) is 11.3 Å². The van der Waals surface area contributed by atoms with Gasteiger partial charge in [-0.25, -0.2) is 4.98 Å². The van der Waals surface area contributed by atoms with Gasteiger partial charge in [-0.3, -0.25) is 4.90 Å². The van der Waals surface area contributed by atoms with Crippen LogP contribution in [0.2, 0.25) is 0 Å². The van der Waals surface area contributed by atoms with Crippen molar-refractivity contribution in [1.29, 1.82) is 5.26 Å². The maximum atomic E-state index is 9.42. The molecule has 1 aromatic heterocycles. The molecule has 2 heterocycles. The first kappa shape index (κ1) is 11.1. The van der Waals surface area contributed by atoms with Crippen molar-refractivity contribution in [2.45, 2.75) is 24.8 Å². The van der Waals surface area contributed by atoms with E-state index in [1.807, 2.05) is 5.51 Å². The lowest BCUT2D eigenvalue weighted by Crippen LogP contribution is -2.38. The van der Waals surface area contributed by atoms with E-state index in [0.29, 0.717) is 5.92 Å². The highest BCUT2D eigenvalue weighted by Crippen LogP contribution is 2.44. The highest BCUT2D eigenvalue weighted by Gasteiger charge is 2.33. The van der Waals surface area contributed by atoms with Crippen LogP contribution in [-0.2, 0) is 4.74 Å². The Morgan fingerprint density at radius 2 is 2.24 bits per heavy atom. The van der Waals surface area contributed by atoms with E-state index in [9.17, 15) is 5.26 Å². The largest absolute Gasteiger partial charge is 0.379 e.